The molecule has 1 amide bonds. The topological polar surface area (TPSA) is 29.1 Å². The molecule has 0 aliphatic carbocycles. The van der Waals surface area contributed by atoms with E-state index in [1.54, 1.807) is 12.1 Å². The predicted molar refractivity (Wildman–Crippen MR) is 88.3 cm³/mol. The maximum absolute atomic E-state index is 12.1. The lowest BCUT2D eigenvalue weighted by Gasteiger charge is -2.24. The van der Waals surface area contributed by atoms with Crippen LogP contribution in [0.2, 0.25) is 5.02 Å². The molecule has 0 spiro atoms. The first-order valence-corrected chi connectivity index (χ1v) is 8.44. The van der Waals surface area contributed by atoms with Gasteiger partial charge in [0, 0.05) is 16.3 Å². The number of benzene rings is 1. The van der Waals surface area contributed by atoms with Gasteiger partial charge in [-0.1, -0.05) is 57.3 Å². The number of rotatable bonds is 6. The van der Waals surface area contributed by atoms with Gasteiger partial charge in [-0.25, -0.2) is 0 Å². The predicted octanol–water partition coefficient (Wildman–Crippen LogP) is 5.03. The summed E-state index contributed by atoms with van der Waals surface area (Å²) in [6.07, 6.45) is 2.16. The highest BCUT2D eigenvalue weighted by Crippen LogP contribution is 2.23. The van der Waals surface area contributed by atoms with Crippen molar-refractivity contribution in [3.8, 4) is 0 Å². The van der Waals surface area contributed by atoms with Crippen LogP contribution >= 0.6 is 43.5 Å². The van der Waals surface area contributed by atoms with Crippen LogP contribution in [0.5, 0.6) is 0 Å². The van der Waals surface area contributed by atoms with Crippen LogP contribution < -0.4 is 5.32 Å². The molecule has 5 heteroatoms. The second-order valence-corrected chi connectivity index (χ2v) is 7.38. The lowest BCUT2D eigenvalue weighted by Crippen LogP contribution is -2.34. The summed E-state index contributed by atoms with van der Waals surface area (Å²) in [5.41, 5.74) is 0.592. The molecule has 19 heavy (non-hydrogen) atoms. The number of carbonyl (C=O) groups is 1. The number of alkyl halides is 1. The average Bonchev–Trinajstić information content (AvgIpc) is 2.36. The Kier molecular flexibility index (Phi) is 6.84. The Morgan fingerprint density at radius 1 is 1.42 bits per heavy atom. The molecule has 0 aliphatic heterocycles. The van der Waals surface area contributed by atoms with Gasteiger partial charge in [0.15, 0.2) is 0 Å². The van der Waals surface area contributed by atoms with Gasteiger partial charge in [-0.15, -0.1) is 0 Å². The van der Waals surface area contributed by atoms with E-state index in [0.717, 1.165) is 22.6 Å². The zero-order valence-electron chi connectivity index (χ0n) is 11.1. The molecular weight excluding hydrogens is 393 g/mol. The fourth-order valence-electron chi connectivity index (χ4n) is 1.72. The normalized spacial score (nSPS) is 11.4. The number of halogens is 3. The largest absolute Gasteiger partial charge is 0.351 e. The van der Waals surface area contributed by atoms with E-state index in [4.69, 9.17) is 11.6 Å². The lowest BCUT2D eigenvalue weighted by molar-refractivity contribution is 0.0934. The smallest absolute Gasteiger partial charge is 0.252 e. The molecule has 106 valence electrons. The minimum Gasteiger partial charge on any atom is -0.351 e. The standard InChI is InChI=1S/C14H18Br2ClNO/c1-14(2,6-3-7-15)9-18-13(19)11-8-10(16)4-5-12(11)17/h4-5,8H,3,6-7,9H2,1-2H3,(H,18,19). The van der Waals surface area contributed by atoms with Gasteiger partial charge in [-0.05, 0) is 36.5 Å². The molecule has 0 unspecified atom stereocenters. The highest BCUT2D eigenvalue weighted by Gasteiger charge is 2.19. The third-order valence-electron chi connectivity index (χ3n) is 2.89. The fraction of sp³-hybridized carbons (Fsp3) is 0.500. The summed E-state index contributed by atoms with van der Waals surface area (Å²) in [6, 6.07) is 5.28. The van der Waals surface area contributed by atoms with Crippen LogP contribution in [-0.4, -0.2) is 17.8 Å². The van der Waals surface area contributed by atoms with Crippen molar-refractivity contribution in [1.82, 2.24) is 5.32 Å². The zero-order valence-corrected chi connectivity index (χ0v) is 15.0. The second kappa shape index (κ2) is 7.65. The fourth-order valence-corrected chi connectivity index (χ4v) is 2.56. The number of nitrogens with one attached hydrogen (secondary N) is 1. The summed E-state index contributed by atoms with van der Waals surface area (Å²) in [7, 11) is 0. The first kappa shape index (κ1) is 17.0. The van der Waals surface area contributed by atoms with Crippen LogP contribution in [-0.2, 0) is 0 Å². The van der Waals surface area contributed by atoms with Crippen molar-refractivity contribution in [3.05, 3.63) is 33.3 Å². The van der Waals surface area contributed by atoms with E-state index in [0.29, 0.717) is 17.1 Å². The molecule has 0 radical (unpaired) electrons. The minimum absolute atomic E-state index is 0.0852. The Hall–Kier alpha value is -0.0600. The average molecular weight is 412 g/mol. The second-order valence-electron chi connectivity index (χ2n) is 5.26. The summed E-state index contributed by atoms with van der Waals surface area (Å²) < 4.78 is 0.848. The van der Waals surface area contributed by atoms with Crippen LogP contribution in [0.3, 0.4) is 0 Å². The molecule has 0 aromatic heterocycles. The maximum atomic E-state index is 12.1. The molecular formula is C14H18Br2ClNO. The van der Waals surface area contributed by atoms with Gasteiger partial charge < -0.3 is 5.32 Å². The highest BCUT2D eigenvalue weighted by atomic mass is 79.9. The summed E-state index contributed by atoms with van der Waals surface area (Å²) in [4.78, 5) is 12.1. The van der Waals surface area contributed by atoms with Gasteiger partial charge in [0.2, 0.25) is 0 Å². The van der Waals surface area contributed by atoms with E-state index in [9.17, 15) is 4.79 Å². The van der Waals surface area contributed by atoms with Crippen molar-refractivity contribution >= 4 is 49.4 Å². The van der Waals surface area contributed by atoms with Crippen LogP contribution in [0.1, 0.15) is 37.0 Å². The van der Waals surface area contributed by atoms with Gasteiger partial charge in [0.05, 0.1) is 10.6 Å². The molecule has 1 aromatic rings. The third-order valence-corrected chi connectivity index (χ3v) is 4.27. The maximum Gasteiger partial charge on any atom is 0.252 e. The quantitative estimate of drug-likeness (QED) is 0.654. The van der Waals surface area contributed by atoms with Gasteiger partial charge in [-0.2, -0.15) is 0 Å². The Bertz CT molecular complexity index is 449. The summed E-state index contributed by atoms with van der Waals surface area (Å²) in [6.45, 7) is 4.94. The monoisotopic (exact) mass is 409 g/mol. The Morgan fingerprint density at radius 3 is 2.74 bits per heavy atom. The van der Waals surface area contributed by atoms with Gasteiger partial charge in [-0.3, -0.25) is 4.79 Å². The van der Waals surface area contributed by atoms with Crippen molar-refractivity contribution in [2.24, 2.45) is 5.41 Å². The van der Waals surface area contributed by atoms with E-state index in [2.05, 4.69) is 51.0 Å². The van der Waals surface area contributed by atoms with E-state index in [1.807, 2.05) is 6.07 Å². The Balaban J connectivity index is 2.62. The zero-order chi connectivity index (χ0) is 14.5. The van der Waals surface area contributed by atoms with E-state index < -0.39 is 0 Å². The summed E-state index contributed by atoms with van der Waals surface area (Å²) in [5, 5.41) is 4.42. The molecule has 0 atom stereocenters. The molecule has 1 rings (SSSR count). The molecule has 0 heterocycles. The van der Waals surface area contributed by atoms with Crippen LogP contribution in [0.15, 0.2) is 22.7 Å². The third kappa shape index (κ3) is 5.84. The summed E-state index contributed by atoms with van der Waals surface area (Å²) >= 11 is 12.8. The van der Waals surface area contributed by atoms with Crippen molar-refractivity contribution in [1.29, 1.82) is 0 Å². The van der Waals surface area contributed by atoms with E-state index in [-0.39, 0.29) is 11.3 Å². The number of amides is 1. The molecule has 0 fully saturated rings. The Labute approximate surface area is 136 Å². The molecule has 0 bridgehead atoms. The van der Waals surface area contributed by atoms with Crippen LogP contribution in [0.25, 0.3) is 0 Å². The van der Waals surface area contributed by atoms with Gasteiger partial charge in [0.25, 0.3) is 5.91 Å². The summed E-state index contributed by atoms with van der Waals surface area (Å²) in [5.74, 6) is -0.127. The molecule has 0 saturated heterocycles. The van der Waals surface area contributed by atoms with Crippen LogP contribution in [0.4, 0.5) is 0 Å². The molecule has 2 nitrogen and oxygen atoms in total. The molecule has 1 aromatic carbocycles. The van der Waals surface area contributed by atoms with Crippen molar-refractivity contribution < 1.29 is 4.79 Å². The number of hydrogen-bond donors (Lipinski definition) is 1. The first-order valence-electron chi connectivity index (χ1n) is 6.15. The Morgan fingerprint density at radius 2 is 2.11 bits per heavy atom. The lowest BCUT2D eigenvalue weighted by atomic mass is 9.88. The molecule has 0 aliphatic rings. The van der Waals surface area contributed by atoms with Crippen molar-refractivity contribution in [2.75, 3.05) is 11.9 Å². The molecule has 0 saturated carbocycles. The van der Waals surface area contributed by atoms with Crippen LogP contribution in [0, 0.1) is 5.41 Å². The first-order chi connectivity index (χ1) is 8.85. The molecule has 1 N–H and O–H groups in total. The van der Waals surface area contributed by atoms with Crippen molar-refractivity contribution in [2.45, 2.75) is 26.7 Å². The highest BCUT2D eigenvalue weighted by molar-refractivity contribution is 9.10. The van der Waals surface area contributed by atoms with Gasteiger partial charge in [0.1, 0.15) is 0 Å². The number of hydrogen-bond acceptors (Lipinski definition) is 1. The SMILES string of the molecule is CC(C)(CCCBr)CNC(=O)c1cc(Br)ccc1Cl. The van der Waals surface area contributed by atoms with Gasteiger partial charge >= 0.3 is 0 Å². The van der Waals surface area contributed by atoms with E-state index >= 15 is 0 Å². The minimum atomic E-state index is -0.127. The number of carbonyl (C=O) groups excluding carboxylic acids is 1. The van der Waals surface area contributed by atoms with E-state index in [1.165, 1.54) is 0 Å². The van der Waals surface area contributed by atoms with Crippen molar-refractivity contribution in [3.63, 3.8) is 0 Å².